The number of halogens is 1. The highest BCUT2D eigenvalue weighted by molar-refractivity contribution is 6.30. The third-order valence-corrected chi connectivity index (χ3v) is 4.63. The Hall–Kier alpha value is -2.78. The molecule has 2 N–H and O–H groups in total. The summed E-state index contributed by atoms with van der Waals surface area (Å²) in [4.78, 5) is 11.3. The molecule has 3 rings (SSSR count). The third-order valence-electron chi connectivity index (χ3n) is 4.38. The molecule has 0 atom stereocenters. The number of amides is 1. The van der Waals surface area contributed by atoms with Gasteiger partial charge >= 0.3 is 0 Å². The summed E-state index contributed by atoms with van der Waals surface area (Å²) in [7, 11) is 0. The molecule has 0 aliphatic rings. The SMILES string of the molecule is NC(=O)c1cccc(-c2ccc(OCCCCc3ccc(Cl)cc3)cc2)c1. The Morgan fingerprint density at radius 3 is 2.33 bits per heavy atom. The Kier molecular flexibility index (Phi) is 6.50. The fourth-order valence-electron chi connectivity index (χ4n) is 2.87. The molecule has 0 bridgehead atoms. The quantitative estimate of drug-likeness (QED) is 0.525. The summed E-state index contributed by atoms with van der Waals surface area (Å²) in [6.45, 7) is 0.685. The number of ether oxygens (including phenoxy) is 1. The first-order chi connectivity index (χ1) is 13.1. The largest absolute Gasteiger partial charge is 0.494 e. The van der Waals surface area contributed by atoms with E-state index in [-0.39, 0.29) is 0 Å². The summed E-state index contributed by atoms with van der Waals surface area (Å²) < 4.78 is 5.82. The number of unbranched alkanes of at least 4 members (excludes halogenated alkanes) is 1. The van der Waals surface area contributed by atoms with Crippen LogP contribution in [0, 0.1) is 0 Å². The minimum atomic E-state index is -0.421. The summed E-state index contributed by atoms with van der Waals surface area (Å²) in [6, 6.07) is 23.2. The fraction of sp³-hybridized carbons (Fsp3) is 0.174. The van der Waals surface area contributed by atoms with Crippen LogP contribution in [0.4, 0.5) is 0 Å². The van der Waals surface area contributed by atoms with Crippen molar-refractivity contribution in [2.45, 2.75) is 19.3 Å². The van der Waals surface area contributed by atoms with Crippen molar-refractivity contribution in [2.75, 3.05) is 6.61 Å². The van der Waals surface area contributed by atoms with Crippen LogP contribution in [0.25, 0.3) is 11.1 Å². The second-order valence-corrected chi connectivity index (χ2v) is 6.84. The zero-order valence-corrected chi connectivity index (χ0v) is 15.8. The van der Waals surface area contributed by atoms with Gasteiger partial charge in [-0.25, -0.2) is 0 Å². The molecule has 0 saturated carbocycles. The van der Waals surface area contributed by atoms with E-state index >= 15 is 0 Å². The zero-order chi connectivity index (χ0) is 19.1. The van der Waals surface area contributed by atoms with Gasteiger partial charge in [0.2, 0.25) is 5.91 Å². The van der Waals surface area contributed by atoms with Crippen LogP contribution < -0.4 is 10.5 Å². The van der Waals surface area contributed by atoms with E-state index in [1.807, 2.05) is 48.5 Å². The first-order valence-electron chi connectivity index (χ1n) is 8.99. The van der Waals surface area contributed by atoms with E-state index in [9.17, 15) is 4.79 Å². The molecule has 0 heterocycles. The van der Waals surface area contributed by atoms with E-state index < -0.39 is 5.91 Å². The van der Waals surface area contributed by atoms with E-state index in [4.69, 9.17) is 22.1 Å². The molecule has 3 aromatic rings. The lowest BCUT2D eigenvalue weighted by Crippen LogP contribution is -2.10. The van der Waals surface area contributed by atoms with Crippen molar-refractivity contribution in [3.8, 4) is 16.9 Å². The Morgan fingerprint density at radius 1 is 0.889 bits per heavy atom. The maximum Gasteiger partial charge on any atom is 0.248 e. The Bertz CT molecular complexity index is 889. The van der Waals surface area contributed by atoms with Gasteiger partial charge in [0.05, 0.1) is 6.61 Å². The van der Waals surface area contributed by atoms with Crippen molar-refractivity contribution in [1.82, 2.24) is 0 Å². The van der Waals surface area contributed by atoms with Crippen LogP contribution in [0.3, 0.4) is 0 Å². The highest BCUT2D eigenvalue weighted by atomic mass is 35.5. The molecule has 0 saturated heterocycles. The maximum atomic E-state index is 11.3. The van der Waals surface area contributed by atoms with Crippen LogP contribution in [0.15, 0.2) is 72.8 Å². The van der Waals surface area contributed by atoms with Gasteiger partial charge < -0.3 is 10.5 Å². The molecule has 0 radical (unpaired) electrons. The van der Waals surface area contributed by atoms with Crippen molar-refractivity contribution in [3.05, 3.63) is 88.9 Å². The van der Waals surface area contributed by atoms with Gasteiger partial charge in [-0.15, -0.1) is 0 Å². The highest BCUT2D eigenvalue weighted by Crippen LogP contribution is 2.23. The fourth-order valence-corrected chi connectivity index (χ4v) is 2.99. The zero-order valence-electron chi connectivity index (χ0n) is 15.0. The molecule has 0 fully saturated rings. The van der Waals surface area contributed by atoms with Crippen LogP contribution >= 0.6 is 11.6 Å². The van der Waals surface area contributed by atoms with Gasteiger partial charge in [-0.2, -0.15) is 0 Å². The van der Waals surface area contributed by atoms with Crippen LogP contribution in [0.2, 0.25) is 5.02 Å². The number of hydrogen-bond donors (Lipinski definition) is 1. The standard InChI is InChI=1S/C23H22ClNO2/c24-21-11-7-17(8-12-21)4-1-2-15-27-22-13-9-18(10-14-22)19-5-3-6-20(16-19)23(25)26/h3,5-14,16H,1-2,4,15H2,(H2,25,26). The maximum absolute atomic E-state index is 11.3. The lowest BCUT2D eigenvalue weighted by molar-refractivity contribution is 0.100. The predicted octanol–water partition coefficient (Wildman–Crippen LogP) is 5.51. The number of nitrogens with two attached hydrogens (primary N) is 1. The lowest BCUT2D eigenvalue weighted by atomic mass is 10.0. The van der Waals surface area contributed by atoms with Crippen molar-refractivity contribution in [1.29, 1.82) is 0 Å². The van der Waals surface area contributed by atoms with Gasteiger partial charge in [0, 0.05) is 10.6 Å². The first-order valence-corrected chi connectivity index (χ1v) is 9.37. The Morgan fingerprint density at radius 2 is 1.63 bits per heavy atom. The molecular formula is C23H22ClNO2. The molecule has 0 aromatic heterocycles. The topological polar surface area (TPSA) is 52.3 Å². The summed E-state index contributed by atoms with van der Waals surface area (Å²) in [6.07, 6.45) is 3.08. The van der Waals surface area contributed by atoms with Crippen molar-refractivity contribution < 1.29 is 9.53 Å². The third kappa shape index (κ3) is 5.60. The van der Waals surface area contributed by atoms with Crippen molar-refractivity contribution in [2.24, 2.45) is 5.73 Å². The molecule has 0 aliphatic heterocycles. The Labute approximate surface area is 164 Å². The highest BCUT2D eigenvalue weighted by Gasteiger charge is 2.04. The van der Waals surface area contributed by atoms with Gasteiger partial charge in [-0.05, 0) is 72.4 Å². The molecule has 138 valence electrons. The second kappa shape index (κ2) is 9.24. The van der Waals surface area contributed by atoms with Crippen LogP contribution in [-0.4, -0.2) is 12.5 Å². The molecule has 4 heteroatoms. The van der Waals surface area contributed by atoms with E-state index in [0.717, 1.165) is 41.2 Å². The summed E-state index contributed by atoms with van der Waals surface area (Å²) in [5, 5.41) is 0.770. The van der Waals surface area contributed by atoms with E-state index in [1.165, 1.54) is 5.56 Å². The number of rotatable bonds is 8. The minimum absolute atomic E-state index is 0.421. The average molecular weight is 380 g/mol. The van der Waals surface area contributed by atoms with Crippen molar-refractivity contribution in [3.63, 3.8) is 0 Å². The number of aryl methyl sites for hydroxylation is 1. The molecule has 3 nitrogen and oxygen atoms in total. The molecular weight excluding hydrogens is 358 g/mol. The van der Waals surface area contributed by atoms with Gasteiger partial charge in [0.1, 0.15) is 5.75 Å². The molecule has 0 spiro atoms. The summed E-state index contributed by atoms with van der Waals surface area (Å²) >= 11 is 5.89. The summed E-state index contributed by atoms with van der Waals surface area (Å²) in [5.74, 6) is 0.423. The number of carbonyl (C=O) groups excluding carboxylic acids is 1. The second-order valence-electron chi connectivity index (χ2n) is 6.40. The first kappa shape index (κ1) is 19.0. The minimum Gasteiger partial charge on any atom is -0.494 e. The number of hydrogen-bond acceptors (Lipinski definition) is 2. The normalized spacial score (nSPS) is 10.6. The van der Waals surface area contributed by atoms with Crippen LogP contribution in [0.5, 0.6) is 5.75 Å². The van der Waals surface area contributed by atoms with Gasteiger partial charge in [-0.3, -0.25) is 4.79 Å². The van der Waals surface area contributed by atoms with Gasteiger partial charge in [0.25, 0.3) is 0 Å². The number of carbonyl (C=O) groups is 1. The lowest BCUT2D eigenvalue weighted by Gasteiger charge is -2.08. The van der Waals surface area contributed by atoms with Gasteiger partial charge in [-0.1, -0.05) is 48.0 Å². The monoisotopic (exact) mass is 379 g/mol. The average Bonchev–Trinajstić information content (AvgIpc) is 2.70. The van der Waals surface area contributed by atoms with Crippen LogP contribution in [-0.2, 0) is 6.42 Å². The molecule has 0 aliphatic carbocycles. The molecule has 3 aromatic carbocycles. The van der Waals surface area contributed by atoms with E-state index in [2.05, 4.69) is 12.1 Å². The van der Waals surface area contributed by atoms with E-state index in [1.54, 1.807) is 12.1 Å². The van der Waals surface area contributed by atoms with Gasteiger partial charge in [0.15, 0.2) is 0 Å². The Balaban J connectivity index is 1.47. The predicted molar refractivity (Wildman–Crippen MR) is 110 cm³/mol. The number of benzene rings is 3. The van der Waals surface area contributed by atoms with E-state index in [0.29, 0.717) is 12.2 Å². The summed E-state index contributed by atoms with van der Waals surface area (Å²) in [5.41, 5.74) is 9.13. The molecule has 1 amide bonds. The smallest absolute Gasteiger partial charge is 0.248 e. The molecule has 0 unspecified atom stereocenters. The van der Waals surface area contributed by atoms with Crippen LogP contribution in [0.1, 0.15) is 28.8 Å². The number of primary amides is 1. The molecule has 27 heavy (non-hydrogen) atoms. The van der Waals surface area contributed by atoms with Crippen molar-refractivity contribution >= 4 is 17.5 Å².